The predicted octanol–water partition coefficient (Wildman–Crippen LogP) is 10.1. The molecule has 2 atom stereocenters. The topological polar surface area (TPSA) is 105 Å². The molecule has 2 fully saturated rings. The lowest BCUT2D eigenvalue weighted by molar-refractivity contribution is -0.156. The lowest BCUT2D eigenvalue weighted by Crippen LogP contribution is -2.27. The molecule has 14 heteroatoms. The van der Waals surface area contributed by atoms with Crippen LogP contribution in [0.15, 0.2) is 12.1 Å². The molecule has 2 saturated carbocycles. The molecule has 0 aliphatic heterocycles. The highest BCUT2D eigenvalue weighted by molar-refractivity contribution is 6.47. The van der Waals surface area contributed by atoms with Gasteiger partial charge in [0.15, 0.2) is 11.5 Å². The molecule has 0 radical (unpaired) electrons. The average molecular weight is 757 g/mol. The Labute approximate surface area is 297 Å². The SMILES string of the molecule is CCC(CCOC(=O)c1c(Cl)c(Cl)cc(Cl)c1OC(=O)C(=O)Oc1c(Cl)cc(Cl)c(Cl)c1C(=O)OCCC(CC)C1CC1)C1CC1. The highest BCUT2D eigenvalue weighted by Gasteiger charge is 2.34. The third-order valence-electron chi connectivity index (χ3n) is 8.29. The maximum atomic E-state index is 13.1. The number of ether oxygens (including phenoxy) is 4. The van der Waals surface area contributed by atoms with E-state index < -0.39 is 46.5 Å². The van der Waals surface area contributed by atoms with Crippen molar-refractivity contribution in [1.82, 2.24) is 0 Å². The van der Waals surface area contributed by atoms with Crippen LogP contribution in [0.4, 0.5) is 0 Å². The summed E-state index contributed by atoms with van der Waals surface area (Å²) in [5.41, 5.74) is -0.901. The zero-order valence-electron chi connectivity index (χ0n) is 25.1. The molecular formula is C32H32Cl6O8. The maximum Gasteiger partial charge on any atom is 0.423 e. The van der Waals surface area contributed by atoms with Gasteiger partial charge in [-0.1, -0.05) is 96.3 Å². The van der Waals surface area contributed by atoms with Gasteiger partial charge >= 0.3 is 23.9 Å². The maximum absolute atomic E-state index is 13.1. The molecule has 0 bridgehead atoms. The number of esters is 4. The first-order valence-electron chi connectivity index (χ1n) is 15.0. The number of rotatable bonds is 14. The first kappa shape index (κ1) is 36.9. The summed E-state index contributed by atoms with van der Waals surface area (Å²) in [5, 5.41) is -1.44. The standard InChI is InChI=1S/C32H32Cl6O8/c1-3-15(17-5-6-17)9-11-43-29(39)23-25(37)19(33)13-21(35)27(23)45-31(41)32(42)46-28-22(36)14-20(34)26(38)24(28)30(40)44-12-10-16(4-2)18-7-8-18/h13-18H,3-12H2,1-2H3. The van der Waals surface area contributed by atoms with Gasteiger partial charge in [0.05, 0.1) is 43.3 Å². The Balaban J connectivity index is 1.49. The Morgan fingerprint density at radius 1 is 0.630 bits per heavy atom. The van der Waals surface area contributed by atoms with Crippen LogP contribution in [-0.2, 0) is 19.1 Å². The van der Waals surface area contributed by atoms with Crippen molar-refractivity contribution in [3.8, 4) is 11.5 Å². The molecule has 46 heavy (non-hydrogen) atoms. The number of carbonyl (C=O) groups excluding carboxylic acids is 4. The Bertz CT molecular complexity index is 1390. The van der Waals surface area contributed by atoms with Gasteiger partial charge < -0.3 is 18.9 Å². The summed E-state index contributed by atoms with van der Waals surface area (Å²) in [4.78, 5) is 52.1. The lowest BCUT2D eigenvalue weighted by atomic mass is 9.97. The monoisotopic (exact) mass is 754 g/mol. The van der Waals surface area contributed by atoms with E-state index in [1.165, 1.54) is 0 Å². The predicted molar refractivity (Wildman–Crippen MR) is 177 cm³/mol. The molecule has 8 nitrogen and oxygen atoms in total. The minimum Gasteiger partial charge on any atom is -0.462 e. The van der Waals surface area contributed by atoms with Crippen molar-refractivity contribution in [2.24, 2.45) is 23.7 Å². The van der Waals surface area contributed by atoms with Crippen LogP contribution < -0.4 is 9.47 Å². The fourth-order valence-electron chi connectivity index (χ4n) is 5.42. The number of hydrogen-bond donors (Lipinski definition) is 0. The molecule has 0 aromatic heterocycles. The van der Waals surface area contributed by atoms with Gasteiger partial charge in [-0.25, -0.2) is 19.2 Å². The van der Waals surface area contributed by atoms with E-state index in [2.05, 4.69) is 13.8 Å². The molecule has 2 aromatic rings. The molecule has 0 saturated heterocycles. The second kappa shape index (κ2) is 16.4. The van der Waals surface area contributed by atoms with Crippen molar-refractivity contribution in [3.63, 3.8) is 0 Å². The van der Waals surface area contributed by atoms with Crippen LogP contribution in [0.5, 0.6) is 11.5 Å². The second-order valence-corrected chi connectivity index (χ2v) is 13.7. The molecule has 0 heterocycles. The van der Waals surface area contributed by atoms with Gasteiger partial charge in [-0.3, -0.25) is 0 Å². The summed E-state index contributed by atoms with van der Waals surface area (Å²) in [5.74, 6) is -4.28. The molecular weight excluding hydrogens is 725 g/mol. The molecule has 250 valence electrons. The van der Waals surface area contributed by atoms with Crippen LogP contribution in [0.25, 0.3) is 0 Å². The first-order chi connectivity index (χ1) is 21.9. The number of carbonyl (C=O) groups is 4. The van der Waals surface area contributed by atoms with Crippen molar-refractivity contribution < 1.29 is 38.1 Å². The van der Waals surface area contributed by atoms with E-state index in [9.17, 15) is 19.2 Å². The minimum absolute atomic E-state index is 0.0815. The highest BCUT2D eigenvalue weighted by Crippen LogP contribution is 2.43. The normalized spacial score (nSPS) is 15.6. The van der Waals surface area contributed by atoms with Gasteiger partial charge in [-0.15, -0.1) is 0 Å². The quantitative estimate of drug-likeness (QED) is 0.0812. The minimum atomic E-state index is -1.63. The van der Waals surface area contributed by atoms with E-state index in [0.29, 0.717) is 36.5 Å². The Morgan fingerprint density at radius 3 is 1.28 bits per heavy atom. The Hall–Kier alpha value is -1.94. The van der Waals surface area contributed by atoms with Crippen LogP contribution >= 0.6 is 69.6 Å². The molecule has 2 aromatic carbocycles. The Morgan fingerprint density at radius 2 is 0.978 bits per heavy atom. The summed E-state index contributed by atoms with van der Waals surface area (Å²) in [6.45, 7) is 4.31. The van der Waals surface area contributed by atoms with Crippen molar-refractivity contribution in [2.45, 2.75) is 65.2 Å². The smallest absolute Gasteiger partial charge is 0.423 e. The van der Waals surface area contributed by atoms with E-state index in [-0.39, 0.29) is 43.3 Å². The van der Waals surface area contributed by atoms with Crippen LogP contribution in [0.3, 0.4) is 0 Å². The summed E-state index contributed by atoms with van der Waals surface area (Å²) in [6.07, 6.45) is 7.74. The van der Waals surface area contributed by atoms with E-state index in [1.54, 1.807) is 0 Å². The summed E-state index contributed by atoms with van der Waals surface area (Å²) in [6, 6.07) is 2.26. The molecule has 0 spiro atoms. The van der Waals surface area contributed by atoms with Gasteiger partial charge in [0.1, 0.15) is 11.1 Å². The molecule has 2 aliphatic rings. The van der Waals surface area contributed by atoms with Crippen molar-refractivity contribution in [3.05, 3.63) is 53.4 Å². The van der Waals surface area contributed by atoms with Crippen molar-refractivity contribution in [1.29, 1.82) is 0 Å². The Kier molecular flexibility index (Phi) is 13.2. The fraction of sp³-hybridized carbons (Fsp3) is 0.500. The van der Waals surface area contributed by atoms with E-state index in [0.717, 1.165) is 50.7 Å². The summed E-state index contributed by atoms with van der Waals surface area (Å²) >= 11 is 37.4. The van der Waals surface area contributed by atoms with Gasteiger partial charge in [0, 0.05) is 0 Å². The zero-order valence-corrected chi connectivity index (χ0v) is 29.6. The summed E-state index contributed by atoms with van der Waals surface area (Å²) in [7, 11) is 0. The molecule has 0 amide bonds. The number of halogens is 6. The zero-order chi connectivity index (χ0) is 33.7. The average Bonchev–Trinajstić information content (AvgIpc) is 3.94. The van der Waals surface area contributed by atoms with Crippen LogP contribution in [0, 0.1) is 23.7 Å². The first-order valence-corrected chi connectivity index (χ1v) is 17.3. The molecule has 2 aliphatic carbocycles. The van der Waals surface area contributed by atoms with Gasteiger partial charge in [0.2, 0.25) is 0 Å². The highest BCUT2D eigenvalue weighted by atomic mass is 35.5. The van der Waals surface area contributed by atoms with E-state index in [4.69, 9.17) is 88.6 Å². The van der Waals surface area contributed by atoms with Crippen molar-refractivity contribution in [2.75, 3.05) is 13.2 Å². The van der Waals surface area contributed by atoms with Gasteiger partial charge in [-0.05, 0) is 74.3 Å². The van der Waals surface area contributed by atoms with Crippen molar-refractivity contribution >= 4 is 93.5 Å². The second-order valence-electron chi connectivity index (χ2n) is 11.4. The van der Waals surface area contributed by atoms with E-state index >= 15 is 0 Å². The van der Waals surface area contributed by atoms with Gasteiger partial charge in [-0.2, -0.15) is 0 Å². The lowest BCUT2D eigenvalue weighted by Gasteiger charge is -2.17. The number of hydrogen-bond acceptors (Lipinski definition) is 8. The molecule has 0 N–H and O–H groups in total. The van der Waals surface area contributed by atoms with Crippen LogP contribution in [-0.4, -0.2) is 37.1 Å². The van der Waals surface area contributed by atoms with Crippen LogP contribution in [0.1, 0.15) is 85.9 Å². The van der Waals surface area contributed by atoms with E-state index in [1.807, 2.05) is 0 Å². The largest absolute Gasteiger partial charge is 0.462 e. The molecule has 4 rings (SSSR count). The summed E-state index contributed by atoms with van der Waals surface area (Å²) < 4.78 is 21.2. The number of benzene rings is 2. The van der Waals surface area contributed by atoms with Gasteiger partial charge in [0.25, 0.3) is 0 Å². The van der Waals surface area contributed by atoms with Crippen LogP contribution in [0.2, 0.25) is 30.1 Å². The fourth-order valence-corrected chi connectivity index (χ4v) is 6.86. The third kappa shape index (κ3) is 9.14. The molecule has 2 unspecified atom stereocenters. The third-order valence-corrected chi connectivity index (χ3v) is 10.4.